The fraction of sp³-hybridized carbons (Fsp3) is 0.684. The van der Waals surface area contributed by atoms with Gasteiger partial charge >= 0.3 is 0 Å². The molecule has 0 heterocycles. The number of hydrogen-bond donors (Lipinski definition) is 1. The fourth-order valence-corrected chi connectivity index (χ4v) is 2.68. The normalized spacial score (nSPS) is 14.4. The third-order valence-electron chi connectivity index (χ3n) is 4.54. The third kappa shape index (κ3) is 5.80. The van der Waals surface area contributed by atoms with Gasteiger partial charge in [-0.1, -0.05) is 52.3 Å². The topological polar surface area (TPSA) is 15.3 Å². The first-order valence-electron chi connectivity index (χ1n) is 8.54. The van der Waals surface area contributed by atoms with E-state index in [9.17, 15) is 0 Å². The van der Waals surface area contributed by atoms with E-state index in [4.69, 9.17) is 0 Å². The molecule has 0 aliphatic carbocycles. The summed E-state index contributed by atoms with van der Waals surface area (Å²) in [6.45, 7) is 17.9. The number of benzene rings is 1. The van der Waals surface area contributed by atoms with Crippen LogP contribution in [0.5, 0.6) is 0 Å². The smallest absolute Gasteiger partial charge is 0.0449 e. The highest BCUT2D eigenvalue weighted by Gasteiger charge is 2.16. The van der Waals surface area contributed by atoms with Crippen molar-refractivity contribution in [3.05, 3.63) is 34.9 Å². The van der Waals surface area contributed by atoms with E-state index in [0.29, 0.717) is 6.04 Å². The molecule has 1 aromatic rings. The Bertz CT molecular complexity index is 414. The molecule has 0 aromatic heterocycles. The second-order valence-electron chi connectivity index (χ2n) is 6.32. The van der Waals surface area contributed by atoms with Crippen LogP contribution < -0.4 is 5.32 Å². The Labute approximate surface area is 131 Å². The van der Waals surface area contributed by atoms with E-state index in [1.54, 1.807) is 0 Å². The van der Waals surface area contributed by atoms with Crippen LogP contribution in [0.15, 0.2) is 18.2 Å². The van der Waals surface area contributed by atoms with E-state index in [0.717, 1.165) is 25.6 Å². The van der Waals surface area contributed by atoms with Crippen LogP contribution in [0.4, 0.5) is 0 Å². The zero-order valence-corrected chi connectivity index (χ0v) is 14.9. The molecule has 0 saturated heterocycles. The van der Waals surface area contributed by atoms with Gasteiger partial charge in [0.2, 0.25) is 0 Å². The van der Waals surface area contributed by atoms with Gasteiger partial charge in [0.05, 0.1) is 0 Å². The molecule has 0 fully saturated rings. The second-order valence-corrected chi connectivity index (χ2v) is 6.32. The zero-order valence-electron chi connectivity index (χ0n) is 14.9. The van der Waals surface area contributed by atoms with Crippen molar-refractivity contribution >= 4 is 0 Å². The largest absolute Gasteiger partial charge is 0.309 e. The summed E-state index contributed by atoms with van der Waals surface area (Å²) >= 11 is 0. The molecule has 0 amide bonds. The summed E-state index contributed by atoms with van der Waals surface area (Å²) in [4.78, 5) is 2.58. The monoisotopic (exact) mass is 290 g/mol. The van der Waals surface area contributed by atoms with Gasteiger partial charge in [-0.3, -0.25) is 0 Å². The van der Waals surface area contributed by atoms with Crippen LogP contribution >= 0.6 is 0 Å². The van der Waals surface area contributed by atoms with Gasteiger partial charge in [0, 0.05) is 19.1 Å². The van der Waals surface area contributed by atoms with Crippen LogP contribution in [0.2, 0.25) is 0 Å². The molecule has 2 atom stereocenters. The summed E-state index contributed by atoms with van der Waals surface area (Å²) < 4.78 is 0. The SMILES string of the molecule is CCNC(CN(CC)CC(C)CC)c1ccc(C)c(C)c1. The Morgan fingerprint density at radius 3 is 2.29 bits per heavy atom. The lowest BCUT2D eigenvalue weighted by Crippen LogP contribution is -2.37. The van der Waals surface area contributed by atoms with Crippen LogP contribution in [-0.2, 0) is 0 Å². The molecule has 120 valence electrons. The van der Waals surface area contributed by atoms with Crippen molar-refractivity contribution < 1.29 is 0 Å². The first kappa shape index (κ1) is 18.2. The predicted molar refractivity (Wildman–Crippen MR) is 93.9 cm³/mol. The van der Waals surface area contributed by atoms with Crippen LogP contribution in [0.1, 0.15) is 56.8 Å². The van der Waals surface area contributed by atoms with Gasteiger partial charge in [-0.05, 0) is 49.5 Å². The maximum atomic E-state index is 3.66. The standard InChI is InChI=1S/C19H34N2/c1-7-15(4)13-21(9-3)14-19(20-8-2)18-11-10-16(5)17(6)12-18/h10-12,15,19-20H,7-9,13-14H2,1-6H3. The molecule has 2 nitrogen and oxygen atoms in total. The van der Waals surface area contributed by atoms with E-state index in [1.165, 1.54) is 29.7 Å². The molecular formula is C19H34N2. The van der Waals surface area contributed by atoms with Gasteiger partial charge < -0.3 is 10.2 Å². The zero-order chi connectivity index (χ0) is 15.8. The highest BCUT2D eigenvalue weighted by molar-refractivity contribution is 5.31. The van der Waals surface area contributed by atoms with Gasteiger partial charge in [-0.2, -0.15) is 0 Å². The minimum Gasteiger partial charge on any atom is -0.309 e. The highest BCUT2D eigenvalue weighted by Crippen LogP contribution is 2.19. The number of rotatable bonds is 9. The van der Waals surface area contributed by atoms with E-state index >= 15 is 0 Å². The van der Waals surface area contributed by atoms with Gasteiger partial charge in [-0.15, -0.1) is 0 Å². The lowest BCUT2D eigenvalue weighted by Gasteiger charge is -2.29. The van der Waals surface area contributed by atoms with Crippen molar-refractivity contribution in [2.24, 2.45) is 5.92 Å². The Hall–Kier alpha value is -0.860. The molecule has 2 heteroatoms. The summed E-state index contributed by atoms with van der Waals surface area (Å²) in [5, 5.41) is 3.66. The summed E-state index contributed by atoms with van der Waals surface area (Å²) in [7, 11) is 0. The fourth-order valence-electron chi connectivity index (χ4n) is 2.68. The van der Waals surface area contributed by atoms with Crippen LogP contribution in [0.3, 0.4) is 0 Å². The lowest BCUT2D eigenvalue weighted by atomic mass is 10.00. The summed E-state index contributed by atoms with van der Waals surface area (Å²) in [5.41, 5.74) is 4.18. The molecule has 0 spiro atoms. The summed E-state index contributed by atoms with van der Waals surface area (Å²) in [6, 6.07) is 7.31. The lowest BCUT2D eigenvalue weighted by molar-refractivity contribution is 0.221. The first-order chi connectivity index (χ1) is 10.0. The average molecular weight is 290 g/mol. The number of aryl methyl sites for hydroxylation is 2. The van der Waals surface area contributed by atoms with Crippen molar-refractivity contribution in [1.82, 2.24) is 10.2 Å². The number of nitrogens with zero attached hydrogens (tertiary/aromatic N) is 1. The molecule has 0 bridgehead atoms. The summed E-state index contributed by atoms with van der Waals surface area (Å²) in [5.74, 6) is 0.770. The van der Waals surface area contributed by atoms with E-state index < -0.39 is 0 Å². The van der Waals surface area contributed by atoms with Crippen molar-refractivity contribution in [3.8, 4) is 0 Å². The number of hydrogen-bond acceptors (Lipinski definition) is 2. The quantitative estimate of drug-likeness (QED) is 0.728. The van der Waals surface area contributed by atoms with Crippen LogP contribution in [0.25, 0.3) is 0 Å². The number of likely N-dealkylation sites (N-methyl/N-ethyl adjacent to an activating group) is 2. The van der Waals surface area contributed by atoms with E-state index in [1.807, 2.05) is 0 Å². The van der Waals surface area contributed by atoms with Crippen molar-refractivity contribution in [2.75, 3.05) is 26.2 Å². The Morgan fingerprint density at radius 2 is 1.76 bits per heavy atom. The van der Waals surface area contributed by atoms with Crippen molar-refractivity contribution in [2.45, 2.75) is 54.0 Å². The van der Waals surface area contributed by atoms with E-state index in [2.05, 4.69) is 70.0 Å². The molecule has 0 saturated carbocycles. The Balaban J connectivity index is 2.82. The highest BCUT2D eigenvalue weighted by atomic mass is 15.1. The molecule has 0 aliphatic heterocycles. The molecule has 1 N–H and O–H groups in total. The van der Waals surface area contributed by atoms with E-state index in [-0.39, 0.29) is 0 Å². The third-order valence-corrected chi connectivity index (χ3v) is 4.54. The van der Waals surface area contributed by atoms with Gasteiger partial charge in [0.15, 0.2) is 0 Å². The van der Waals surface area contributed by atoms with Crippen LogP contribution in [-0.4, -0.2) is 31.1 Å². The van der Waals surface area contributed by atoms with Gasteiger partial charge in [0.1, 0.15) is 0 Å². The molecule has 1 aromatic carbocycles. The molecule has 2 unspecified atom stereocenters. The average Bonchev–Trinajstić information content (AvgIpc) is 2.48. The second kappa shape index (κ2) is 9.22. The van der Waals surface area contributed by atoms with Crippen LogP contribution in [0, 0.1) is 19.8 Å². The van der Waals surface area contributed by atoms with Gasteiger partial charge in [-0.25, -0.2) is 0 Å². The Kier molecular flexibility index (Phi) is 7.98. The Morgan fingerprint density at radius 1 is 1.05 bits per heavy atom. The maximum absolute atomic E-state index is 3.66. The molecule has 0 aliphatic rings. The summed E-state index contributed by atoms with van der Waals surface area (Å²) in [6.07, 6.45) is 1.26. The van der Waals surface area contributed by atoms with Crippen molar-refractivity contribution in [1.29, 1.82) is 0 Å². The maximum Gasteiger partial charge on any atom is 0.0449 e. The minimum atomic E-state index is 0.429. The molecule has 21 heavy (non-hydrogen) atoms. The van der Waals surface area contributed by atoms with Crippen molar-refractivity contribution in [3.63, 3.8) is 0 Å². The molecule has 0 radical (unpaired) electrons. The first-order valence-corrected chi connectivity index (χ1v) is 8.54. The number of nitrogens with one attached hydrogen (secondary N) is 1. The minimum absolute atomic E-state index is 0.429. The molecule has 1 rings (SSSR count). The predicted octanol–water partition coefficient (Wildman–Crippen LogP) is 4.32. The van der Waals surface area contributed by atoms with Gasteiger partial charge in [0.25, 0.3) is 0 Å². The molecular weight excluding hydrogens is 256 g/mol.